The summed E-state index contributed by atoms with van der Waals surface area (Å²) in [4.78, 5) is 8.62. The van der Waals surface area contributed by atoms with Gasteiger partial charge in [0.25, 0.3) is 0 Å². The summed E-state index contributed by atoms with van der Waals surface area (Å²) in [5.74, 6) is 0.605. The first-order valence-corrected chi connectivity index (χ1v) is 7.19. The maximum absolute atomic E-state index is 9.29. The molecule has 3 rings (SSSR count). The van der Waals surface area contributed by atoms with Gasteiger partial charge < -0.3 is 4.98 Å². The molecule has 2 heterocycles. The van der Waals surface area contributed by atoms with Crippen LogP contribution in [-0.4, -0.2) is 9.97 Å². The Morgan fingerprint density at radius 2 is 2.16 bits per heavy atom. The molecular weight excluding hydrogens is 322 g/mol. The van der Waals surface area contributed by atoms with Crippen molar-refractivity contribution in [3.05, 3.63) is 50.9 Å². The number of nitrogens with one attached hydrogen (secondary N) is 1. The molecule has 0 atom stereocenters. The van der Waals surface area contributed by atoms with Crippen LogP contribution in [0.5, 0.6) is 0 Å². The number of aromatic nitrogens is 2. The van der Waals surface area contributed by atoms with Gasteiger partial charge in [-0.3, -0.25) is 0 Å². The Bertz CT molecular complexity index is 774. The minimum Gasteiger partial charge on any atom is -0.337 e. The van der Waals surface area contributed by atoms with Crippen LogP contribution < -0.4 is 0 Å². The predicted molar refractivity (Wildman–Crippen MR) is 81.6 cm³/mol. The summed E-state index contributed by atoms with van der Waals surface area (Å²) in [6.07, 6.45) is 1.84. The number of hydrogen-bond donors (Lipinski definition) is 1. The number of imidazole rings is 1. The van der Waals surface area contributed by atoms with Crippen molar-refractivity contribution >= 4 is 49.9 Å². The monoisotopic (exact) mass is 329 g/mol. The summed E-state index contributed by atoms with van der Waals surface area (Å²) >= 11 is 4.99. The summed E-state index contributed by atoms with van der Waals surface area (Å²) in [7, 11) is 0. The fraction of sp³-hybridized carbons (Fsp3) is 0. The third-order valence-electron chi connectivity index (χ3n) is 2.65. The molecule has 0 unspecified atom stereocenters. The Morgan fingerprint density at radius 1 is 1.32 bits per heavy atom. The zero-order valence-corrected chi connectivity index (χ0v) is 12.1. The van der Waals surface area contributed by atoms with Gasteiger partial charge in [-0.25, -0.2) is 4.98 Å². The second kappa shape index (κ2) is 5.00. The average Bonchev–Trinajstić information content (AvgIpc) is 3.01. The highest BCUT2D eigenvalue weighted by atomic mass is 79.9. The minimum absolute atomic E-state index is 0.533. The maximum atomic E-state index is 9.29. The van der Waals surface area contributed by atoms with Gasteiger partial charge in [-0.15, -0.1) is 11.3 Å². The van der Waals surface area contributed by atoms with Gasteiger partial charge in [0.2, 0.25) is 0 Å². The van der Waals surface area contributed by atoms with Crippen LogP contribution in [0.1, 0.15) is 10.7 Å². The number of fused-ring (bicyclic) bond motifs is 1. The number of H-pyrrole nitrogens is 1. The molecule has 0 spiro atoms. The second-order valence-electron chi connectivity index (χ2n) is 3.91. The van der Waals surface area contributed by atoms with Crippen LogP contribution in [0.15, 0.2) is 40.2 Å². The van der Waals surface area contributed by atoms with Gasteiger partial charge in [0, 0.05) is 4.88 Å². The van der Waals surface area contributed by atoms with Crippen molar-refractivity contribution in [3.63, 3.8) is 0 Å². The lowest BCUT2D eigenvalue weighted by molar-refractivity contribution is 1.27. The summed E-state index contributed by atoms with van der Waals surface area (Å²) in [5, 5.41) is 9.29. The fourth-order valence-corrected chi connectivity index (χ4v) is 3.15. The Morgan fingerprint density at radius 3 is 2.84 bits per heavy atom. The molecule has 3 aromatic rings. The van der Waals surface area contributed by atoms with E-state index in [0.29, 0.717) is 11.4 Å². The SMILES string of the molecule is N#CC(=Cc1ccc(Br)s1)c1nc2ccccc2[nH]1. The Kier molecular flexibility index (Phi) is 3.20. The lowest BCUT2D eigenvalue weighted by Crippen LogP contribution is -1.83. The molecule has 0 saturated carbocycles. The molecule has 5 heteroatoms. The van der Waals surface area contributed by atoms with Crippen LogP contribution >= 0.6 is 27.3 Å². The van der Waals surface area contributed by atoms with Gasteiger partial charge >= 0.3 is 0 Å². The molecule has 0 fully saturated rings. The number of halogens is 1. The predicted octanol–water partition coefficient (Wildman–Crippen LogP) is 4.45. The van der Waals surface area contributed by atoms with E-state index in [-0.39, 0.29) is 0 Å². The largest absolute Gasteiger partial charge is 0.337 e. The normalized spacial score (nSPS) is 11.7. The molecule has 2 aromatic heterocycles. The van der Waals surface area contributed by atoms with Gasteiger partial charge in [-0.05, 0) is 46.3 Å². The molecule has 92 valence electrons. The number of hydrogen-bond acceptors (Lipinski definition) is 3. The number of nitrogens with zero attached hydrogens (tertiary/aromatic N) is 2. The third kappa shape index (κ3) is 2.46. The average molecular weight is 330 g/mol. The van der Waals surface area contributed by atoms with Crippen LogP contribution in [0.3, 0.4) is 0 Å². The van der Waals surface area contributed by atoms with Gasteiger partial charge in [0.05, 0.1) is 20.4 Å². The topological polar surface area (TPSA) is 52.5 Å². The minimum atomic E-state index is 0.533. The number of aromatic amines is 1. The molecule has 0 aliphatic carbocycles. The zero-order valence-electron chi connectivity index (χ0n) is 9.72. The Labute approximate surface area is 122 Å². The number of benzene rings is 1. The van der Waals surface area contributed by atoms with Gasteiger partial charge in [0.1, 0.15) is 11.9 Å². The molecule has 0 amide bonds. The number of allylic oxidation sites excluding steroid dienone is 1. The van der Waals surface area contributed by atoms with Crippen molar-refractivity contribution in [2.75, 3.05) is 0 Å². The first-order valence-electron chi connectivity index (χ1n) is 5.58. The van der Waals surface area contributed by atoms with Crippen molar-refractivity contribution in [1.82, 2.24) is 9.97 Å². The van der Waals surface area contributed by atoms with E-state index in [4.69, 9.17) is 0 Å². The maximum Gasteiger partial charge on any atom is 0.149 e. The lowest BCUT2D eigenvalue weighted by Gasteiger charge is -1.91. The van der Waals surface area contributed by atoms with Crippen LogP contribution in [-0.2, 0) is 0 Å². The summed E-state index contributed by atoms with van der Waals surface area (Å²) in [6, 6.07) is 13.9. The molecule has 0 aliphatic heterocycles. The quantitative estimate of drug-likeness (QED) is 0.706. The van der Waals surface area contributed by atoms with Crippen LogP contribution in [0, 0.1) is 11.3 Å². The number of rotatable bonds is 2. The molecule has 1 N–H and O–H groups in total. The first-order chi connectivity index (χ1) is 9.26. The smallest absolute Gasteiger partial charge is 0.149 e. The van der Waals surface area contributed by atoms with E-state index in [1.54, 1.807) is 11.3 Å². The Balaban J connectivity index is 2.07. The van der Waals surface area contributed by atoms with E-state index in [2.05, 4.69) is 32.0 Å². The van der Waals surface area contributed by atoms with Crippen molar-refractivity contribution in [1.29, 1.82) is 5.26 Å². The molecular formula is C14H8BrN3S. The molecule has 3 nitrogen and oxygen atoms in total. The summed E-state index contributed by atoms with van der Waals surface area (Å²) in [5.41, 5.74) is 2.34. The van der Waals surface area contributed by atoms with Gasteiger partial charge in [-0.1, -0.05) is 12.1 Å². The molecule has 0 radical (unpaired) electrons. The number of nitriles is 1. The highest BCUT2D eigenvalue weighted by Crippen LogP contribution is 2.26. The fourth-order valence-electron chi connectivity index (χ4n) is 1.78. The first kappa shape index (κ1) is 12.2. The van der Waals surface area contributed by atoms with Gasteiger partial charge in [0.15, 0.2) is 0 Å². The third-order valence-corrected chi connectivity index (χ3v) is 4.22. The summed E-state index contributed by atoms with van der Waals surface area (Å²) in [6.45, 7) is 0. The van der Waals surface area contributed by atoms with Crippen molar-refractivity contribution in [2.24, 2.45) is 0 Å². The standard InChI is InChI=1S/C14H8BrN3S/c15-13-6-5-10(19-13)7-9(8-16)14-17-11-3-1-2-4-12(11)18-14/h1-7H,(H,17,18). The van der Waals surface area contributed by atoms with E-state index in [9.17, 15) is 5.26 Å². The van der Waals surface area contributed by atoms with Gasteiger partial charge in [-0.2, -0.15) is 5.26 Å². The van der Waals surface area contributed by atoms with Crippen LogP contribution in [0.4, 0.5) is 0 Å². The van der Waals surface area contributed by atoms with E-state index in [0.717, 1.165) is 19.7 Å². The van der Waals surface area contributed by atoms with Crippen LogP contribution in [0.2, 0.25) is 0 Å². The Hall–Kier alpha value is -1.90. The lowest BCUT2D eigenvalue weighted by atomic mass is 10.2. The van der Waals surface area contributed by atoms with Crippen LogP contribution in [0.25, 0.3) is 22.7 Å². The molecule has 19 heavy (non-hydrogen) atoms. The van der Waals surface area contributed by atoms with E-state index < -0.39 is 0 Å². The molecule has 0 saturated heterocycles. The van der Waals surface area contributed by atoms with E-state index in [1.807, 2.05) is 42.5 Å². The zero-order chi connectivity index (χ0) is 13.2. The van der Waals surface area contributed by atoms with E-state index in [1.165, 1.54) is 0 Å². The van der Waals surface area contributed by atoms with E-state index >= 15 is 0 Å². The number of thiophene rings is 1. The molecule has 0 aliphatic rings. The molecule has 1 aromatic carbocycles. The summed E-state index contributed by atoms with van der Waals surface area (Å²) < 4.78 is 1.04. The van der Waals surface area contributed by atoms with Crippen molar-refractivity contribution < 1.29 is 0 Å². The highest BCUT2D eigenvalue weighted by Gasteiger charge is 2.08. The second-order valence-corrected chi connectivity index (χ2v) is 6.41. The molecule has 0 bridgehead atoms. The highest BCUT2D eigenvalue weighted by molar-refractivity contribution is 9.11. The van der Waals surface area contributed by atoms with Crippen molar-refractivity contribution in [2.45, 2.75) is 0 Å². The number of para-hydroxylation sites is 2. The van der Waals surface area contributed by atoms with Crippen molar-refractivity contribution in [3.8, 4) is 6.07 Å².